The Hall–Kier alpha value is -1.27. The Kier molecular flexibility index (Phi) is 6.72. The summed E-state index contributed by atoms with van der Waals surface area (Å²) < 4.78 is 10.8. The molecule has 0 unspecified atom stereocenters. The molecule has 124 valence electrons. The number of nitrogens with one attached hydrogen (secondary N) is 1. The molecule has 1 atom stereocenters. The average Bonchev–Trinajstić information content (AvgIpc) is 2.93. The van der Waals surface area contributed by atoms with Gasteiger partial charge in [0.25, 0.3) is 5.91 Å². The van der Waals surface area contributed by atoms with Gasteiger partial charge in [0.05, 0.1) is 5.02 Å². The van der Waals surface area contributed by atoms with Gasteiger partial charge in [-0.2, -0.15) is 0 Å². The molecule has 0 bridgehead atoms. The van der Waals surface area contributed by atoms with Gasteiger partial charge >= 0.3 is 0 Å². The van der Waals surface area contributed by atoms with Crippen LogP contribution >= 0.6 is 34.5 Å². The van der Waals surface area contributed by atoms with Crippen LogP contribution in [0.3, 0.4) is 0 Å². The predicted molar refractivity (Wildman–Crippen MR) is 93.8 cm³/mol. The maximum Gasteiger partial charge on any atom is 0.258 e. The topological polar surface area (TPSA) is 47.6 Å². The second kappa shape index (κ2) is 8.55. The molecule has 1 aromatic heterocycles. The maximum absolute atomic E-state index is 11.9. The van der Waals surface area contributed by atoms with E-state index in [1.54, 1.807) is 36.6 Å². The van der Waals surface area contributed by atoms with Crippen LogP contribution in [0.5, 0.6) is 5.75 Å². The molecule has 1 amide bonds. The van der Waals surface area contributed by atoms with Gasteiger partial charge in [0.1, 0.15) is 11.9 Å². The number of ether oxygens (including phenoxy) is 2. The van der Waals surface area contributed by atoms with E-state index in [0.29, 0.717) is 22.3 Å². The summed E-state index contributed by atoms with van der Waals surface area (Å²) in [5, 5.41) is 3.68. The van der Waals surface area contributed by atoms with Gasteiger partial charge in [-0.05, 0) is 37.3 Å². The highest BCUT2D eigenvalue weighted by molar-refractivity contribution is 7.12. The second-order valence-electron chi connectivity index (χ2n) is 4.84. The summed E-state index contributed by atoms with van der Waals surface area (Å²) in [7, 11) is 1.62. The van der Waals surface area contributed by atoms with E-state index in [1.807, 2.05) is 19.1 Å². The highest BCUT2D eigenvalue weighted by Gasteiger charge is 2.14. The van der Waals surface area contributed by atoms with Gasteiger partial charge in [0, 0.05) is 28.4 Å². The van der Waals surface area contributed by atoms with Gasteiger partial charge in [-0.3, -0.25) is 4.79 Å². The third-order valence-corrected chi connectivity index (χ3v) is 4.72. The van der Waals surface area contributed by atoms with Crippen molar-refractivity contribution in [1.82, 2.24) is 5.32 Å². The number of carbonyl (C=O) groups is 1. The van der Waals surface area contributed by atoms with Crippen molar-refractivity contribution in [2.75, 3.05) is 20.3 Å². The zero-order valence-corrected chi connectivity index (χ0v) is 15.1. The summed E-state index contributed by atoms with van der Waals surface area (Å²) in [5.41, 5.74) is 0. The van der Waals surface area contributed by atoms with Gasteiger partial charge in [0.2, 0.25) is 0 Å². The number of hydrogen-bond donors (Lipinski definition) is 1. The zero-order valence-electron chi connectivity index (χ0n) is 12.8. The van der Waals surface area contributed by atoms with Crippen LogP contribution in [0.15, 0.2) is 30.3 Å². The first kappa shape index (κ1) is 18.1. The molecule has 0 fully saturated rings. The zero-order chi connectivity index (χ0) is 16.8. The summed E-state index contributed by atoms with van der Waals surface area (Å²) in [6.07, 6.45) is -0.170. The number of benzene rings is 1. The van der Waals surface area contributed by atoms with E-state index in [0.717, 1.165) is 4.88 Å². The van der Waals surface area contributed by atoms with Gasteiger partial charge in [-0.25, -0.2) is 0 Å². The van der Waals surface area contributed by atoms with Crippen LogP contribution in [-0.4, -0.2) is 26.2 Å². The number of hydrogen-bond acceptors (Lipinski definition) is 4. The molecule has 2 aromatic rings. The molecule has 0 radical (unpaired) electrons. The molecule has 0 saturated heterocycles. The normalized spacial score (nSPS) is 12.0. The minimum atomic E-state index is -0.244. The second-order valence-corrected chi connectivity index (χ2v) is 7.00. The molecule has 1 N–H and O–H groups in total. The third kappa shape index (κ3) is 5.39. The van der Waals surface area contributed by atoms with Crippen molar-refractivity contribution in [2.24, 2.45) is 0 Å². The number of carbonyl (C=O) groups excluding carboxylic acids is 1. The van der Waals surface area contributed by atoms with Crippen molar-refractivity contribution in [3.8, 4) is 5.75 Å². The SMILES string of the molecule is CO[C@@H](CNC(=O)COc1ccc(Cl)cc1Cl)c1ccc(C)s1. The van der Waals surface area contributed by atoms with Crippen molar-refractivity contribution in [1.29, 1.82) is 0 Å². The molecule has 0 aliphatic heterocycles. The van der Waals surface area contributed by atoms with Crippen LogP contribution in [0.1, 0.15) is 15.9 Å². The van der Waals surface area contributed by atoms with E-state index in [2.05, 4.69) is 5.32 Å². The van der Waals surface area contributed by atoms with Crippen LogP contribution in [0.2, 0.25) is 10.0 Å². The fourth-order valence-electron chi connectivity index (χ4n) is 1.92. The molecular formula is C16H17Cl2NO3S. The molecule has 2 rings (SSSR count). The lowest BCUT2D eigenvalue weighted by Crippen LogP contribution is -2.32. The Morgan fingerprint density at radius 2 is 2.09 bits per heavy atom. The van der Waals surface area contributed by atoms with Gasteiger partial charge < -0.3 is 14.8 Å². The summed E-state index contributed by atoms with van der Waals surface area (Å²) in [5.74, 6) is 0.176. The lowest BCUT2D eigenvalue weighted by atomic mass is 10.3. The van der Waals surface area contributed by atoms with E-state index in [9.17, 15) is 4.79 Å². The molecule has 0 aliphatic carbocycles. The Balaban J connectivity index is 1.82. The fourth-order valence-corrected chi connectivity index (χ4v) is 3.34. The van der Waals surface area contributed by atoms with E-state index in [-0.39, 0.29) is 18.6 Å². The molecule has 23 heavy (non-hydrogen) atoms. The molecular weight excluding hydrogens is 357 g/mol. The Morgan fingerprint density at radius 1 is 1.30 bits per heavy atom. The highest BCUT2D eigenvalue weighted by Crippen LogP contribution is 2.27. The number of halogens is 2. The first-order chi connectivity index (χ1) is 11.0. The monoisotopic (exact) mass is 373 g/mol. The van der Waals surface area contributed by atoms with Crippen LogP contribution in [0, 0.1) is 6.92 Å². The number of rotatable bonds is 7. The Bertz CT molecular complexity index is 675. The van der Waals surface area contributed by atoms with E-state index >= 15 is 0 Å². The van der Waals surface area contributed by atoms with E-state index < -0.39 is 0 Å². The van der Waals surface area contributed by atoms with Crippen molar-refractivity contribution in [3.05, 3.63) is 50.1 Å². The highest BCUT2D eigenvalue weighted by atomic mass is 35.5. The van der Waals surface area contributed by atoms with Gasteiger partial charge in [0.15, 0.2) is 6.61 Å². The Morgan fingerprint density at radius 3 is 2.70 bits per heavy atom. The summed E-state index contributed by atoms with van der Waals surface area (Å²) in [4.78, 5) is 14.2. The smallest absolute Gasteiger partial charge is 0.258 e. The Labute approximate surface area is 149 Å². The van der Waals surface area contributed by atoms with E-state index in [4.69, 9.17) is 32.7 Å². The number of amides is 1. The first-order valence-electron chi connectivity index (χ1n) is 6.93. The standard InChI is InChI=1S/C16H17Cl2NO3S/c1-10-3-6-15(23-10)14(21-2)8-19-16(20)9-22-13-5-4-11(17)7-12(13)18/h3-7,14H,8-9H2,1-2H3,(H,19,20)/t14-/m0/s1. The van der Waals surface area contributed by atoms with Crippen LogP contribution in [0.25, 0.3) is 0 Å². The minimum Gasteiger partial charge on any atom is -0.482 e. The first-order valence-corrected chi connectivity index (χ1v) is 8.50. The third-order valence-electron chi connectivity index (χ3n) is 3.10. The number of thiophene rings is 1. The van der Waals surface area contributed by atoms with Crippen LogP contribution in [-0.2, 0) is 9.53 Å². The van der Waals surface area contributed by atoms with Crippen LogP contribution < -0.4 is 10.1 Å². The van der Waals surface area contributed by atoms with Crippen LogP contribution in [0.4, 0.5) is 0 Å². The van der Waals surface area contributed by atoms with Crippen molar-refractivity contribution in [3.63, 3.8) is 0 Å². The largest absolute Gasteiger partial charge is 0.482 e. The fraction of sp³-hybridized carbons (Fsp3) is 0.312. The number of aryl methyl sites for hydroxylation is 1. The lowest BCUT2D eigenvalue weighted by molar-refractivity contribution is -0.123. The molecule has 1 heterocycles. The molecule has 1 aromatic carbocycles. The van der Waals surface area contributed by atoms with Crippen molar-refractivity contribution >= 4 is 40.4 Å². The quantitative estimate of drug-likeness (QED) is 0.788. The van der Waals surface area contributed by atoms with Crippen molar-refractivity contribution < 1.29 is 14.3 Å². The molecule has 7 heteroatoms. The lowest BCUT2D eigenvalue weighted by Gasteiger charge is -2.15. The summed E-state index contributed by atoms with van der Waals surface area (Å²) >= 11 is 13.4. The minimum absolute atomic E-state index is 0.124. The predicted octanol–water partition coefficient (Wildman–Crippen LogP) is 4.25. The number of methoxy groups -OCH3 is 1. The van der Waals surface area contributed by atoms with E-state index in [1.165, 1.54) is 4.88 Å². The molecule has 4 nitrogen and oxygen atoms in total. The average molecular weight is 374 g/mol. The van der Waals surface area contributed by atoms with Gasteiger partial charge in [-0.1, -0.05) is 23.2 Å². The van der Waals surface area contributed by atoms with Crippen molar-refractivity contribution in [2.45, 2.75) is 13.0 Å². The molecule has 0 spiro atoms. The maximum atomic E-state index is 11.9. The molecule has 0 aliphatic rings. The molecule has 0 saturated carbocycles. The summed E-state index contributed by atoms with van der Waals surface area (Å²) in [6.45, 7) is 2.29. The van der Waals surface area contributed by atoms with Gasteiger partial charge in [-0.15, -0.1) is 11.3 Å². The summed E-state index contributed by atoms with van der Waals surface area (Å²) in [6, 6.07) is 8.88.